The summed E-state index contributed by atoms with van der Waals surface area (Å²) in [5.41, 5.74) is 0.491. The number of carbonyl (C=O) groups excluding carboxylic acids is 1. The van der Waals surface area contributed by atoms with Crippen LogP contribution in [-0.2, 0) is 33.3 Å². The van der Waals surface area contributed by atoms with Gasteiger partial charge in [0, 0.05) is 19.6 Å². The van der Waals surface area contributed by atoms with Crippen LogP contribution in [0.2, 0.25) is 0 Å². The van der Waals surface area contributed by atoms with Gasteiger partial charge in [0.1, 0.15) is 5.75 Å². The Kier molecular flexibility index (Phi) is 9.07. The lowest BCUT2D eigenvalue weighted by molar-refractivity contribution is -0.150. The van der Waals surface area contributed by atoms with Crippen LogP contribution in [0.25, 0.3) is 0 Å². The average molecular weight is 453 g/mol. The van der Waals surface area contributed by atoms with Gasteiger partial charge < -0.3 is 19.9 Å². The van der Waals surface area contributed by atoms with E-state index in [1.54, 1.807) is 44.2 Å². The second kappa shape index (κ2) is 11.5. The van der Waals surface area contributed by atoms with Crippen molar-refractivity contribution in [3.05, 3.63) is 65.2 Å². The van der Waals surface area contributed by atoms with E-state index in [1.807, 2.05) is 0 Å². The molecule has 0 aliphatic rings. The van der Waals surface area contributed by atoms with Crippen LogP contribution >= 0.6 is 0 Å². The summed E-state index contributed by atoms with van der Waals surface area (Å²) in [6.07, 6.45) is -5.71. The second-order valence-corrected chi connectivity index (χ2v) is 7.13. The maximum Gasteiger partial charge on any atom is 0.416 e. The third kappa shape index (κ3) is 7.88. The predicted molar refractivity (Wildman–Crippen MR) is 111 cm³/mol. The summed E-state index contributed by atoms with van der Waals surface area (Å²) in [6, 6.07) is 11.6. The molecule has 0 aliphatic heterocycles. The number of amides is 1. The Morgan fingerprint density at radius 1 is 1.09 bits per heavy atom. The fraction of sp³-hybridized carbons (Fsp3) is 0.391. The first-order valence-electron chi connectivity index (χ1n) is 10.1. The molecule has 0 heterocycles. The predicted octanol–water partition coefficient (Wildman–Crippen LogP) is 3.86. The zero-order chi connectivity index (χ0) is 23.7. The van der Waals surface area contributed by atoms with E-state index >= 15 is 0 Å². The number of hydrogen-bond acceptors (Lipinski definition) is 4. The highest BCUT2D eigenvalue weighted by Gasteiger charge is 2.30. The molecule has 174 valence electrons. The summed E-state index contributed by atoms with van der Waals surface area (Å²) in [5, 5.41) is 11.8. The van der Waals surface area contributed by atoms with Crippen LogP contribution in [0, 0.1) is 0 Å². The number of ether oxygens (including phenoxy) is 2. The Labute approximate surface area is 184 Å². The molecule has 2 atom stereocenters. The average Bonchev–Trinajstić information content (AvgIpc) is 2.74. The van der Waals surface area contributed by atoms with Crippen molar-refractivity contribution < 1.29 is 37.3 Å². The van der Waals surface area contributed by atoms with Crippen molar-refractivity contribution in [2.24, 2.45) is 0 Å². The fourth-order valence-electron chi connectivity index (χ4n) is 2.97. The van der Waals surface area contributed by atoms with Gasteiger partial charge in [0.2, 0.25) is 0 Å². The number of benzene rings is 2. The van der Waals surface area contributed by atoms with Crippen LogP contribution < -0.4 is 10.1 Å². The Morgan fingerprint density at radius 3 is 2.38 bits per heavy atom. The number of rotatable bonds is 11. The van der Waals surface area contributed by atoms with Crippen LogP contribution in [0.5, 0.6) is 5.75 Å². The first kappa shape index (κ1) is 25.2. The van der Waals surface area contributed by atoms with E-state index in [2.05, 4.69) is 5.32 Å². The molecular weight excluding hydrogens is 427 g/mol. The molecule has 2 aromatic carbocycles. The number of carboxylic acid groups (broad SMARTS) is 1. The highest BCUT2D eigenvalue weighted by Crippen LogP contribution is 2.29. The minimum absolute atomic E-state index is 0.167. The number of carbonyl (C=O) groups is 2. The maximum atomic E-state index is 12.8. The number of carboxylic acids is 1. The largest absolute Gasteiger partial charge is 0.481 e. The Morgan fingerprint density at radius 2 is 1.78 bits per heavy atom. The SMILES string of the molecule is CCO[C@@H](Cc1ccc(O[C@@H](C)C(=O)NCCc2cccc(C(F)(F)F)c2)cc1)C(=O)O. The lowest BCUT2D eigenvalue weighted by atomic mass is 10.1. The summed E-state index contributed by atoms with van der Waals surface area (Å²) >= 11 is 0. The zero-order valence-electron chi connectivity index (χ0n) is 17.8. The standard InChI is InChI=1S/C23H26F3NO5/c1-3-31-20(22(29)30)14-17-7-9-19(10-8-17)32-15(2)21(28)27-12-11-16-5-4-6-18(13-16)23(24,25)26/h4-10,13,15,20H,3,11-12,14H2,1-2H3,(H,27,28)(H,29,30)/t15-,20-/m0/s1. The van der Waals surface area contributed by atoms with Crippen LogP contribution in [-0.4, -0.2) is 42.3 Å². The van der Waals surface area contributed by atoms with Crippen LogP contribution in [0.15, 0.2) is 48.5 Å². The molecule has 6 nitrogen and oxygen atoms in total. The number of nitrogens with one attached hydrogen (secondary N) is 1. The molecule has 0 radical (unpaired) electrons. The van der Waals surface area contributed by atoms with Crippen molar-refractivity contribution in [3.63, 3.8) is 0 Å². The van der Waals surface area contributed by atoms with Crippen LogP contribution in [0.3, 0.4) is 0 Å². The summed E-state index contributed by atoms with van der Waals surface area (Å²) in [6.45, 7) is 3.74. The molecule has 0 aliphatic carbocycles. The first-order chi connectivity index (χ1) is 15.1. The highest BCUT2D eigenvalue weighted by molar-refractivity contribution is 5.80. The summed E-state index contributed by atoms with van der Waals surface area (Å²) < 4.78 is 49.1. The summed E-state index contributed by atoms with van der Waals surface area (Å²) in [4.78, 5) is 23.4. The summed E-state index contributed by atoms with van der Waals surface area (Å²) in [5.74, 6) is -1.01. The lowest BCUT2D eigenvalue weighted by Crippen LogP contribution is -2.37. The number of aliphatic carboxylic acids is 1. The van der Waals surface area contributed by atoms with Crippen LogP contribution in [0.1, 0.15) is 30.5 Å². The molecule has 0 spiro atoms. The fourth-order valence-corrected chi connectivity index (χ4v) is 2.97. The Balaban J connectivity index is 1.83. The Hall–Kier alpha value is -3.07. The Bertz CT molecular complexity index is 899. The smallest absolute Gasteiger partial charge is 0.416 e. The van der Waals surface area contributed by atoms with E-state index in [0.29, 0.717) is 17.9 Å². The van der Waals surface area contributed by atoms with Crippen molar-refractivity contribution >= 4 is 11.9 Å². The summed E-state index contributed by atoms with van der Waals surface area (Å²) in [7, 11) is 0. The first-order valence-corrected chi connectivity index (χ1v) is 10.1. The molecule has 2 rings (SSSR count). The van der Waals surface area contributed by atoms with Crippen molar-refractivity contribution in [2.75, 3.05) is 13.2 Å². The molecule has 0 bridgehead atoms. The molecule has 1 amide bonds. The molecular formula is C23H26F3NO5. The van der Waals surface area contributed by atoms with Crippen molar-refractivity contribution in [2.45, 2.75) is 45.1 Å². The molecule has 2 N–H and O–H groups in total. The lowest BCUT2D eigenvalue weighted by Gasteiger charge is -2.16. The maximum absolute atomic E-state index is 12.8. The van der Waals surface area contributed by atoms with Gasteiger partial charge in [0.25, 0.3) is 5.91 Å². The van der Waals surface area contributed by atoms with E-state index in [9.17, 15) is 22.8 Å². The number of halogens is 3. The van der Waals surface area contributed by atoms with Gasteiger partial charge in [-0.15, -0.1) is 0 Å². The minimum Gasteiger partial charge on any atom is -0.481 e. The monoisotopic (exact) mass is 453 g/mol. The normalized spacial score (nSPS) is 13.3. The molecule has 0 unspecified atom stereocenters. The number of hydrogen-bond donors (Lipinski definition) is 2. The molecule has 0 saturated carbocycles. The van der Waals surface area contributed by atoms with Gasteiger partial charge in [0.05, 0.1) is 5.56 Å². The van der Waals surface area contributed by atoms with E-state index in [-0.39, 0.29) is 19.4 Å². The molecule has 2 aromatic rings. The van der Waals surface area contributed by atoms with Gasteiger partial charge in [-0.1, -0.05) is 30.3 Å². The molecule has 0 fully saturated rings. The van der Waals surface area contributed by atoms with Crippen molar-refractivity contribution in [1.29, 1.82) is 0 Å². The van der Waals surface area contributed by atoms with Gasteiger partial charge in [-0.3, -0.25) is 4.79 Å². The number of alkyl halides is 3. The van der Waals surface area contributed by atoms with Crippen molar-refractivity contribution in [3.8, 4) is 5.75 Å². The second-order valence-electron chi connectivity index (χ2n) is 7.13. The minimum atomic E-state index is -4.41. The van der Waals surface area contributed by atoms with Gasteiger partial charge >= 0.3 is 12.1 Å². The molecule has 0 saturated heterocycles. The topological polar surface area (TPSA) is 84.9 Å². The third-order valence-corrected chi connectivity index (χ3v) is 4.64. The quantitative estimate of drug-likeness (QED) is 0.540. The van der Waals surface area contributed by atoms with E-state index in [0.717, 1.165) is 17.7 Å². The van der Waals surface area contributed by atoms with Gasteiger partial charge in [-0.05, 0) is 49.6 Å². The van der Waals surface area contributed by atoms with E-state index in [1.165, 1.54) is 6.07 Å². The van der Waals surface area contributed by atoms with E-state index in [4.69, 9.17) is 14.6 Å². The van der Waals surface area contributed by atoms with Gasteiger partial charge in [-0.2, -0.15) is 13.2 Å². The highest BCUT2D eigenvalue weighted by atomic mass is 19.4. The molecule has 9 heteroatoms. The van der Waals surface area contributed by atoms with Gasteiger partial charge in [0.15, 0.2) is 12.2 Å². The van der Waals surface area contributed by atoms with Crippen molar-refractivity contribution in [1.82, 2.24) is 5.32 Å². The molecule has 0 aromatic heterocycles. The zero-order valence-corrected chi connectivity index (χ0v) is 17.8. The third-order valence-electron chi connectivity index (χ3n) is 4.64. The van der Waals surface area contributed by atoms with E-state index < -0.39 is 35.8 Å². The van der Waals surface area contributed by atoms with Gasteiger partial charge in [-0.25, -0.2) is 4.79 Å². The van der Waals surface area contributed by atoms with Crippen LogP contribution in [0.4, 0.5) is 13.2 Å². The molecule has 32 heavy (non-hydrogen) atoms.